The Morgan fingerprint density at radius 2 is 2.14 bits per heavy atom. The van der Waals surface area contributed by atoms with Crippen LogP contribution in [0.3, 0.4) is 0 Å². The van der Waals surface area contributed by atoms with Crippen LogP contribution in [0.4, 0.5) is 0 Å². The SMILES string of the molecule is CC(C)CN(CCN(C)C)C(=O)c1cn(C2CNC2)nn1. The molecule has 0 aliphatic carbocycles. The number of likely N-dealkylation sites (N-methyl/N-ethyl adjacent to an activating group) is 1. The number of nitrogens with one attached hydrogen (secondary N) is 1. The van der Waals surface area contributed by atoms with Crippen LogP contribution >= 0.6 is 0 Å². The minimum Gasteiger partial charge on any atom is -0.336 e. The van der Waals surface area contributed by atoms with Gasteiger partial charge in [-0.25, -0.2) is 4.68 Å². The molecule has 1 aromatic heterocycles. The average molecular weight is 294 g/mol. The predicted octanol–water partition coefficient (Wildman–Crippen LogP) is 0.0822. The summed E-state index contributed by atoms with van der Waals surface area (Å²) in [5.74, 6) is 0.408. The molecule has 0 unspecified atom stereocenters. The van der Waals surface area contributed by atoms with Gasteiger partial charge >= 0.3 is 0 Å². The Morgan fingerprint density at radius 3 is 2.67 bits per heavy atom. The van der Waals surface area contributed by atoms with Gasteiger partial charge in [-0.05, 0) is 20.0 Å². The van der Waals surface area contributed by atoms with Gasteiger partial charge in [0.15, 0.2) is 5.69 Å². The molecule has 0 atom stereocenters. The zero-order valence-electron chi connectivity index (χ0n) is 13.4. The number of rotatable bonds is 7. The van der Waals surface area contributed by atoms with E-state index in [1.54, 1.807) is 10.9 Å². The minimum atomic E-state index is -0.0240. The maximum Gasteiger partial charge on any atom is 0.276 e. The largest absolute Gasteiger partial charge is 0.336 e. The molecule has 0 saturated carbocycles. The van der Waals surface area contributed by atoms with Gasteiger partial charge in [0.05, 0.1) is 12.2 Å². The van der Waals surface area contributed by atoms with Gasteiger partial charge in [-0.15, -0.1) is 5.10 Å². The average Bonchev–Trinajstić information content (AvgIpc) is 2.80. The Balaban J connectivity index is 2.03. The molecule has 1 aromatic rings. The maximum atomic E-state index is 12.6. The molecule has 1 aliphatic heterocycles. The van der Waals surface area contributed by atoms with E-state index in [-0.39, 0.29) is 5.91 Å². The van der Waals surface area contributed by atoms with Crippen LogP contribution in [0.15, 0.2) is 6.20 Å². The Labute approximate surface area is 126 Å². The summed E-state index contributed by atoms with van der Waals surface area (Å²) in [4.78, 5) is 16.6. The van der Waals surface area contributed by atoms with E-state index in [9.17, 15) is 4.79 Å². The molecule has 21 heavy (non-hydrogen) atoms. The highest BCUT2D eigenvalue weighted by atomic mass is 16.2. The van der Waals surface area contributed by atoms with Crippen LogP contribution in [0.5, 0.6) is 0 Å². The molecule has 1 amide bonds. The number of hydrogen-bond acceptors (Lipinski definition) is 5. The molecule has 7 heteroatoms. The topological polar surface area (TPSA) is 66.3 Å². The van der Waals surface area contributed by atoms with Crippen molar-refractivity contribution in [2.75, 3.05) is 46.8 Å². The van der Waals surface area contributed by atoms with Crippen molar-refractivity contribution < 1.29 is 4.79 Å². The van der Waals surface area contributed by atoms with Crippen LogP contribution in [0.25, 0.3) is 0 Å². The fraction of sp³-hybridized carbons (Fsp3) is 0.786. The molecular weight excluding hydrogens is 268 g/mol. The van der Waals surface area contributed by atoms with Crippen molar-refractivity contribution in [3.05, 3.63) is 11.9 Å². The second-order valence-electron chi connectivity index (χ2n) is 6.34. The summed E-state index contributed by atoms with van der Waals surface area (Å²) in [5, 5.41) is 11.3. The van der Waals surface area contributed by atoms with E-state index in [4.69, 9.17) is 0 Å². The van der Waals surface area contributed by atoms with Crippen molar-refractivity contribution in [2.45, 2.75) is 19.9 Å². The van der Waals surface area contributed by atoms with Crippen LogP contribution in [0.2, 0.25) is 0 Å². The van der Waals surface area contributed by atoms with Crippen LogP contribution < -0.4 is 5.32 Å². The van der Waals surface area contributed by atoms with Gasteiger partial charge in [0.1, 0.15) is 0 Å². The Bertz CT molecular complexity index is 466. The van der Waals surface area contributed by atoms with Crippen molar-refractivity contribution >= 4 is 5.91 Å². The number of amides is 1. The fourth-order valence-electron chi connectivity index (χ4n) is 2.21. The van der Waals surface area contributed by atoms with Crippen LogP contribution in [-0.2, 0) is 0 Å². The summed E-state index contributed by atoms with van der Waals surface area (Å²) in [5.41, 5.74) is 0.446. The summed E-state index contributed by atoms with van der Waals surface area (Å²) in [6.45, 7) is 8.33. The lowest BCUT2D eigenvalue weighted by Crippen LogP contribution is -2.43. The number of carbonyl (C=O) groups excluding carboxylic acids is 1. The second kappa shape index (κ2) is 7.00. The Morgan fingerprint density at radius 1 is 1.43 bits per heavy atom. The van der Waals surface area contributed by atoms with Gasteiger partial charge in [0, 0.05) is 32.7 Å². The smallest absolute Gasteiger partial charge is 0.276 e. The van der Waals surface area contributed by atoms with Crippen molar-refractivity contribution in [2.24, 2.45) is 5.92 Å². The molecule has 0 bridgehead atoms. The number of aromatic nitrogens is 3. The van der Waals surface area contributed by atoms with Gasteiger partial charge in [-0.2, -0.15) is 0 Å². The highest BCUT2D eigenvalue weighted by Gasteiger charge is 2.24. The Kier molecular flexibility index (Phi) is 5.30. The van der Waals surface area contributed by atoms with E-state index in [0.29, 0.717) is 24.2 Å². The number of carbonyl (C=O) groups is 1. The van der Waals surface area contributed by atoms with Crippen LogP contribution in [0, 0.1) is 5.92 Å². The van der Waals surface area contributed by atoms with Gasteiger partial charge in [-0.3, -0.25) is 4.79 Å². The van der Waals surface area contributed by atoms with E-state index < -0.39 is 0 Å². The van der Waals surface area contributed by atoms with E-state index >= 15 is 0 Å². The molecule has 7 nitrogen and oxygen atoms in total. The zero-order valence-corrected chi connectivity index (χ0v) is 13.4. The quantitative estimate of drug-likeness (QED) is 0.771. The lowest BCUT2D eigenvalue weighted by Gasteiger charge is -2.26. The third-order valence-corrected chi connectivity index (χ3v) is 3.55. The first kappa shape index (κ1) is 15.9. The molecule has 118 valence electrons. The van der Waals surface area contributed by atoms with Crippen LogP contribution in [-0.4, -0.2) is 77.5 Å². The van der Waals surface area contributed by atoms with Crippen molar-refractivity contribution in [3.63, 3.8) is 0 Å². The highest BCUT2D eigenvalue weighted by molar-refractivity contribution is 5.91. The van der Waals surface area contributed by atoms with E-state index in [1.807, 2.05) is 19.0 Å². The molecule has 0 spiro atoms. The molecule has 2 heterocycles. The summed E-state index contributed by atoms with van der Waals surface area (Å²) >= 11 is 0. The number of hydrogen-bond donors (Lipinski definition) is 1. The first-order valence-corrected chi connectivity index (χ1v) is 7.54. The second-order valence-corrected chi connectivity index (χ2v) is 6.34. The molecule has 2 rings (SSSR count). The van der Waals surface area contributed by atoms with E-state index in [0.717, 1.165) is 26.2 Å². The Hall–Kier alpha value is -1.47. The summed E-state index contributed by atoms with van der Waals surface area (Å²) < 4.78 is 1.79. The van der Waals surface area contributed by atoms with Gasteiger partial charge in [0.2, 0.25) is 0 Å². The van der Waals surface area contributed by atoms with E-state index in [1.165, 1.54) is 0 Å². The van der Waals surface area contributed by atoms with Gasteiger partial charge in [-0.1, -0.05) is 19.1 Å². The molecule has 1 N–H and O–H groups in total. The minimum absolute atomic E-state index is 0.0240. The van der Waals surface area contributed by atoms with Crippen molar-refractivity contribution in [1.29, 1.82) is 0 Å². The first-order valence-electron chi connectivity index (χ1n) is 7.54. The van der Waals surface area contributed by atoms with Crippen molar-refractivity contribution in [3.8, 4) is 0 Å². The first-order chi connectivity index (χ1) is 9.97. The number of nitrogens with zero attached hydrogens (tertiary/aromatic N) is 5. The van der Waals surface area contributed by atoms with Crippen molar-refractivity contribution in [1.82, 2.24) is 30.1 Å². The standard InChI is InChI=1S/C14H26N6O/c1-11(2)9-19(6-5-18(3)4)14(21)13-10-20(17-16-13)12-7-15-8-12/h10-12,15H,5-9H2,1-4H3. The molecule has 1 saturated heterocycles. The van der Waals surface area contributed by atoms with Crippen LogP contribution in [0.1, 0.15) is 30.4 Å². The maximum absolute atomic E-state index is 12.6. The third kappa shape index (κ3) is 4.25. The summed E-state index contributed by atoms with van der Waals surface area (Å²) in [7, 11) is 4.02. The molecule has 0 aromatic carbocycles. The fourth-order valence-corrected chi connectivity index (χ4v) is 2.21. The molecule has 1 aliphatic rings. The predicted molar refractivity (Wildman–Crippen MR) is 81.2 cm³/mol. The van der Waals surface area contributed by atoms with E-state index in [2.05, 4.69) is 34.4 Å². The molecule has 0 radical (unpaired) electrons. The molecule has 1 fully saturated rings. The summed E-state index contributed by atoms with van der Waals surface area (Å²) in [6, 6.07) is 0.333. The highest BCUT2D eigenvalue weighted by Crippen LogP contribution is 2.11. The summed E-state index contributed by atoms with van der Waals surface area (Å²) in [6.07, 6.45) is 1.77. The normalized spacial score (nSPS) is 15.5. The monoisotopic (exact) mass is 294 g/mol. The van der Waals surface area contributed by atoms with Gasteiger partial charge in [0.25, 0.3) is 5.91 Å². The zero-order chi connectivity index (χ0) is 15.4. The third-order valence-electron chi connectivity index (χ3n) is 3.55. The van der Waals surface area contributed by atoms with Gasteiger partial charge < -0.3 is 15.1 Å². The lowest BCUT2D eigenvalue weighted by atomic mass is 10.2. The molecular formula is C14H26N6O. The lowest BCUT2D eigenvalue weighted by molar-refractivity contribution is 0.0718.